The van der Waals surface area contributed by atoms with E-state index in [4.69, 9.17) is 21.4 Å². The fourth-order valence-corrected chi connectivity index (χ4v) is 12.1. The lowest BCUT2D eigenvalue weighted by molar-refractivity contribution is -0.176. The van der Waals surface area contributed by atoms with E-state index in [0.717, 1.165) is 0 Å². The van der Waals surface area contributed by atoms with Crippen molar-refractivity contribution >= 4 is 45.8 Å². The number of fused-ring (bicyclic) bond motifs is 7. The lowest BCUT2D eigenvalue weighted by atomic mass is 9.45. The number of thiocarbonyl (C=S) groups is 1. The van der Waals surface area contributed by atoms with Gasteiger partial charge in [0.1, 0.15) is 17.1 Å². The Morgan fingerprint density at radius 1 is 1.00 bits per heavy atom. The first kappa shape index (κ1) is 43.9. The summed E-state index contributed by atoms with van der Waals surface area (Å²) in [7, 11) is 0. The highest BCUT2D eigenvalue weighted by molar-refractivity contribution is 7.80. The molecule has 0 amide bonds. The summed E-state index contributed by atoms with van der Waals surface area (Å²) in [5, 5.41) is 81.2. The second-order valence-electron chi connectivity index (χ2n) is 19.1. The van der Waals surface area contributed by atoms with Gasteiger partial charge < -0.3 is 50.2 Å². The summed E-state index contributed by atoms with van der Waals surface area (Å²) >= 11 is 5.47. The smallest absolute Gasteiger partial charge is 0.336 e. The summed E-state index contributed by atoms with van der Waals surface area (Å²) in [6, 6.07) is 13.5. The third-order valence-electron chi connectivity index (χ3n) is 15.4. The van der Waals surface area contributed by atoms with Crippen LogP contribution in [-0.2, 0) is 9.53 Å². The average molecular weight is 870 g/mol. The summed E-state index contributed by atoms with van der Waals surface area (Å²) in [4.78, 5) is 38.4. The highest BCUT2D eigenvalue weighted by Gasteiger charge is 2.69. The molecule has 5 aliphatic carbocycles. The van der Waals surface area contributed by atoms with Gasteiger partial charge in [-0.2, -0.15) is 0 Å². The zero-order chi connectivity index (χ0) is 44.7. The number of anilines is 1. The molecule has 1 aliphatic heterocycles. The van der Waals surface area contributed by atoms with E-state index in [0.29, 0.717) is 65.4 Å². The Bertz CT molecular complexity index is 2510. The molecule has 2 aromatic carbocycles. The van der Waals surface area contributed by atoms with Gasteiger partial charge in [0.05, 0.1) is 41.7 Å². The standard InChI is InChI=1S/C48H55NO12S/c1-24(5-12-41(55)47(4,58)40-14-16-48(59)33-20-35(52)34-21-36(53)37(54)22-45(34,2)32(33)13-15-46(40,48)3)23-60-44(62)49-25-6-9-28(31(17-25)43(56)57)42-29-10-7-26(50)18-38(29)61-39-19-27(51)8-11-30(39)42/h6-11,17-20,24,32,34,36-37,40-41,50,53-55,58-59H,5,12-16,21-23H2,1-4H3,(H,49,62)(H,56,57)/t24?,32?,34-,36+,37-,40-,41+,45+,46+,47+,48+/m0/s1. The first-order valence-corrected chi connectivity index (χ1v) is 21.8. The number of carboxylic acids is 1. The molecule has 8 rings (SSSR count). The van der Waals surface area contributed by atoms with Crippen LogP contribution in [0.2, 0.25) is 0 Å². The molecule has 13 nitrogen and oxygen atoms in total. The lowest BCUT2D eigenvalue weighted by Gasteiger charge is -2.60. The number of carbonyl (C=O) groups is 2. The van der Waals surface area contributed by atoms with Crippen molar-refractivity contribution in [3.05, 3.63) is 82.0 Å². The van der Waals surface area contributed by atoms with E-state index in [1.165, 1.54) is 30.3 Å². The van der Waals surface area contributed by atoms with Gasteiger partial charge in [-0.1, -0.05) is 26.8 Å². The molecule has 330 valence electrons. The molecule has 0 bridgehead atoms. The number of rotatable bonds is 10. The van der Waals surface area contributed by atoms with E-state index in [1.54, 1.807) is 37.3 Å². The van der Waals surface area contributed by atoms with Crippen molar-refractivity contribution in [1.82, 2.24) is 0 Å². The third kappa shape index (κ3) is 7.22. The summed E-state index contributed by atoms with van der Waals surface area (Å²) in [5.41, 5.74) is -2.05. The molecule has 0 spiro atoms. The van der Waals surface area contributed by atoms with Crippen molar-refractivity contribution in [2.75, 3.05) is 11.9 Å². The van der Waals surface area contributed by atoms with Crippen LogP contribution in [0.5, 0.6) is 5.75 Å². The Balaban J connectivity index is 0.907. The molecule has 8 N–H and O–H groups in total. The Labute approximate surface area is 364 Å². The van der Waals surface area contributed by atoms with Crippen molar-refractivity contribution < 1.29 is 54.5 Å². The number of ketones is 1. The number of ether oxygens (including phenoxy) is 1. The molecular formula is C48H55NO12S. The van der Waals surface area contributed by atoms with Crippen molar-refractivity contribution in [2.45, 2.75) is 109 Å². The number of aliphatic hydroxyl groups excluding tert-OH is 3. The average Bonchev–Trinajstić information content (AvgIpc) is 3.50. The maximum absolute atomic E-state index is 13.6. The van der Waals surface area contributed by atoms with E-state index in [9.17, 15) is 50.1 Å². The predicted molar refractivity (Wildman–Crippen MR) is 235 cm³/mol. The first-order chi connectivity index (χ1) is 29.2. The van der Waals surface area contributed by atoms with Crippen LogP contribution in [-0.4, -0.2) is 88.8 Å². The molecule has 1 heterocycles. The summed E-state index contributed by atoms with van der Waals surface area (Å²) < 4.78 is 11.8. The second kappa shape index (κ2) is 15.8. The number of phenolic OH excluding ortho intramolecular Hbond substituents is 1. The van der Waals surface area contributed by atoms with Gasteiger partial charge in [-0.15, -0.1) is 0 Å². The van der Waals surface area contributed by atoms with Crippen LogP contribution in [0.1, 0.15) is 89.4 Å². The van der Waals surface area contributed by atoms with E-state index in [2.05, 4.69) is 5.32 Å². The number of aromatic hydroxyl groups is 1. The van der Waals surface area contributed by atoms with Gasteiger partial charge >= 0.3 is 5.97 Å². The summed E-state index contributed by atoms with van der Waals surface area (Å²) in [6.45, 7) is 7.67. The number of hydrogen-bond donors (Lipinski definition) is 8. The Morgan fingerprint density at radius 2 is 1.74 bits per heavy atom. The number of carboxylic acid groups (broad SMARTS) is 1. The fourth-order valence-electron chi connectivity index (χ4n) is 11.9. The third-order valence-corrected chi connectivity index (χ3v) is 15.6. The molecule has 0 saturated heterocycles. The maximum atomic E-state index is 13.6. The normalized spacial score (nSPS) is 31.3. The van der Waals surface area contributed by atoms with Crippen LogP contribution in [0, 0.1) is 34.5 Å². The first-order valence-electron chi connectivity index (χ1n) is 21.4. The Kier molecular flexibility index (Phi) is 11.2. The van der Waals surface area contributed by atoms with Crippen molar-refractivity contribution in [2.24, 2.45) is 34.5 Å². The fraction of sp³-hybridized carbons (Fsp3) is 0.500. The molecule has 3 saturated carbocycles. The van der Waals surface area contributed by atoms with Crippen LogP contribution >= 0.6 is 12.2 Å². The molecule has 2 unspecified atom stereocenters. The summed E-state index contributed by atoms with van der Waals surface area (Å²) in [5.74, 6) is -2.35. The topological polar surface area (TPSA) is 227 Å². The van der Waals surface area contributed by atoms with Crippen molar-refractivity contribution in [1.29, 1.82) is 0 Å². The Morgan fingerprint density at radius 3 is 2.48 bits per heavy atom. The van der Waals surface area contributed by atoms with Crippen molar-refractivity contribution in [3.63, 3.8) is 0 Å². The van der Waals surface area contributed by atoms with Gasteiger partial charge in [-0.05, 0) is 147 Å². The highest BCUT2D eigenvalue weighted by Crippen LogP contribution is 2.68. The SMILES string of the molecule is CC(CC[C@@H](O)[C@](C)(O)[C@H]1CC[C@@]2(O)C3=CC(=O)[C@@H]4C[C@@H](O)[C@@H](O)C[C@]4(C)C3CC[C@]12C)COC(=S)Nc1ccc(-c2c3ccc(=O)cc-3oc3cc(O)ccc23)c(C(=O)O)c1. The molecule has 3 fully saturated rings. The minimum absolute atomic E-state index is 0.00436. The number of carbonyl (C=O) groups excluding carboxylic acids is 1. The zero-order valence-corrected chi connectivity index (χ0v) is 36.1. The molecule has 2 aromatic rings. The van der Waals surface area contributed by atoms with Crippen LogP contribution in [0.4, 0.5) is 5.69 Å². The molecule has 0 aromatic heterocycles. The van der Waals surface area contributed by atoms with Gasteiger partial charge in [0.15, 0.2) is 11.2 Å². The van der Waals surface area contributed by atoms with Crippen LogP contribution < -0.4 is 10.7 Å². The number of allylic oxidation sites excluding steroid dienone is 1. The highest BCUT2D eigenvalue weighted by atomic mass is 32.1. The molecule has 11 atom stereocenters. The van der Waals surface area contributed by atoms with Gasteiger partial charge in [0.25, 0.3) is 5.17 Å². The quantitative estimate of drug-likeness (QED) is 0.0637. The van der Waals surface area contributed by atoms with Crippen molar-refractivity contribution in [3.8, 4) is 28.2 Å². The van der Waals surface area contributed by atoms with Gasteiger partial charge in [0.2, 0.25) is 0 Å². The van der Waals surface area contributed by atoms with Crippen LogP contribution in [0.15, 0.2) is 75.5 Å². The van der Waals surface area contributed by atoms with Gasteiger partial charge in [-0.25, -0.2) is 4.79 Å². The molecule has 6 aliphatic rings. The molecule has 14 heteroatoms. The number of phenols is 1. The number of benzene rings is 3. The lowest BCUT2D eigenvalue weighted by Crippen LogP contribution is -2.62. The second-order valence-corrected chi connectivity index (χ2v) is 19.5. The van der Waals surface area contributed by atoms with Gasteiger partial charge in [0, 0.05) is 45.7 Å². The minimum Gasteiger partial charge on any atom is -0.508 e. The van der Waals surface area contributed by atoms with E-state index >= 15 is 0 Å². The van der Waals surface area contributed by atoms with E-state index in [1.807, 2.05) is 20.8 Å². The van der Waals surface area contributed by atoms with E-state index < -0.39 is 58.1 Å². The van der Waals surface area contributed by atoms with E-state index in [-0.39, 0.29) is 76.7 Å². The number of nitrogens with one attached hydrogen (secondary N) is 1. The number of aliphatic hydroxyl groups is 5. The predicted octanol–water partition coefficient (Wildman–Crippen LogP) is 6.41. The number of aromatic carboxylic acids is 1. The zero-order valence-electron chi connectivity index (χ0n) is 35.3. The maximum Gasteiger partial charge on any atom is 0.336 e. The van der Waals surface area contributed by atoms with Crippen LogP contribution in [0.3, 0.4) is 0 Å². The Hall–Kier alpha value is -4.70. The molecule has 62 heavy (non-hydrogen) atoms. The van der Waals surface area contributed by atoms with Crippen LogP contribution in [0.25, 0.3) is 33.4 Å². The molecular weight excluding hydrogens is 815 g/mol. The number of hydrogen-bond acceptors (Lipinski definition) is 12. The monoisotopic (exact) mass is 869 g/mol. The molecule has 0 radical (unpaired) electrons. The minimum atomic E-state index is -1.57. The summed E-state index contributed by atoms with van der Waals surface area (Å²) in [6.07, 6.45) is 1.68. The largest absolute Gasteiger partial charge is 0.508 e. The van der Waals surface area contributed by atoms with Gasteiger partial charge in [-0.3, -0.25) is 9.59 Å².